The van der Waals surface area contributed by atoms with Crippen molar-refractivity contribution in [1.82, 2.24) is 0 Å². The summed E-state index contributed by atoms with van der Waals surface area (Å²) >= 11 is 1.48. The molecule has 90 valence electrons. The second kappa shape index (κ2) is 3.89. The highest BCUT2D eigenvalue weighted by Crippen LogP contribution is 2.44. The summed E-state index contributed by atoms with van der Waals surface area (Å²) in [5.74, 6) is -0.848. The van der Waals surface area contributed by atoms with Gasteiger partial charge in [-0.2, -0.15) is 0 Å². The number of thiophene rings is 1. The molecule has 0 atom stereocenters. The number of hydrogen-bond acceptors (Lipinski definition) is 5. The summed E-state index contributed by atoms with van der Waals surface area (Å²) in [6.07, 6.45) is 1.61. The zero-order valence-corrected chi connectivity index (χ0v) is 9.90. The van der Waals surface area contributed by atoms with Crippen LogP contribution >= 0.6 is 11.3 Å². The van der Waals surface area contributed by atoms with Crippen LogP contribution in [-0.2, 0) is 0 Å². The Kier molecular flexibility index (Phi) is 2.34. The van der Waals surface area contributed by atoms with Gasteiger partial charge < -0.3 is 14.9 Å². The summed E-state index contributed by atoms with van der Waals surface area (Å²) in [5.41, 5.74) is 0.258. The average molecular weight is 260 g/mol. The first-order valence-corrected chi connectivity index (χ1v) is 6.07. The molecule has 0 unspecified atom stereocenters. The second-order valence-corrected chi connectivity index (χ2v) is 4.74. The molecule has 2 aromatic rings. The SMILES string of the molecule is O=C1/C(=C\c2cccs2)Oc2c1ccc(O)c2O. The highest BCUT2D eigenvalue weighted by molar-refractivity contribution is 7.10. The van der Waals surface area contributed by atoms with Crippen LogP contribution in [0.4, 0.5) is 0 Å². The first-order chi connectivity index (χ1) is 8.66. The first kappa shape index (κ1) is 10.9. The van der Waals surface area contributed by atoms with Gasteiger partial charge in [-0.05, 0) is 23.6 Å². The van der Waals surface area contributed by atoms with Crippen molar-refractivity contribution in [2.75, 3.05) is 0 Å². The lowest BCUT2D eigenvalue weighted by Crippen LogP contribution is -1.97. The minimum absolute atomic E-state index is 0.0165. The van der Waals surface area contributed by atoms with Gasteiger partial charge in [0, 0.05) is 11.0 Å². The van der Waals surface area contributed by atoms with E-state index in [9.17, 15) is 15.0 Å². The zero-order chi connectivity index (χ0) is 12.7. The molecule has 1 aromatic carbocycles. The number of ketones is 1. The normalized spacial score (nSPS) is 15.8. The lowest BCUT2D eigenvalue weighted by Gasteiger charge is -2.02. The Hall–Kier alpha value is -2.27. The smallest absolute Gasteiger partial charge is 0.232 e. The Bertz CT molecular complexity index is 656. The summed E-state index contributed by atoms with van der Waals surface area (Å²) in [6, 6.07) is 6.42. The van der Waals surface area contributed by atoms with Gasteiger partial charge in [0.25, 0.3) is 0 Å². The molecular formula is C13H8O4S. The molecule has 0 saturated heterocycles. The maximum Gasteiger partial charge on any atom is 0.232 e. The number of carbonyl (C=O) groups is 1. The number of phenolic OH excluding ortho intramolecular Hbond substituents is 2. The van der Waals surface area contributed by atoms with Crippen LogP contribution in [0.1, 0.15) is 15.2 Å². The van der Waals surface area contributed by atoms with Crippen LogP contribution in [0.2, 0.25) is 0 Å². The number of phenols is 2. The Morgan fingerprint density at radius 2 is 2.06 bits per heavy atom. The molecule has 0 radical (unpaired) electrons. The zero-order valence-electron chi connectivity index (χ0n) is 9.08. The summed E-state index contributed by atoms with van der Waals surface area (Å²) in [6.45, 7) is 0. The predicted molar refractivity (Wildman–Crippen MR) is 67.0 cm³/mol. The van der Waals surface area contributed by atoms with E-state index in [1.165, 1.54) is 23.5 Å². The Morgan fingerprint density at radius 1 is 1.22 bits per heavy atom. The van der Waals surface area contributed by atoms with Gasteiger partial charge in [-0.1, -0.05) is 6.07 Å². The lowest BCUT2D eigenvalue weighted by atomic mass is 10.1. The third-order valence-corrected chi connectivity index (χ3v) is 3.43. The molecule has 4 nitrogen and oxygen atoms in total. The summed E-state index contributed by atoms with van der Waals surface area (Å²) in [4.78, 5) is 12.9. The van der Waals surface area contributed by atoms with Gasteiger partial charge in [0.05, 0.1) is 5.56 Å². The van der Waals surface area contributed by atoms with Gasteiger partial charge >= 0.3 is 0 Å². The van der Waals surface area contributed by atoms with Crippen molar-refractivity contribution in [3.05, 3.63) is 45.8 Å². The fraction of sp³-hybridized carbons (Fsp3) is 0. The molecule has 0 amide bonds. The third kappa shape index (κ3) is 1.56. The number of carbonyl (C=O) groups excluding carboxylic acids is 1. The van der Waals surface area contributed by atoms with Crippen molar-refractivity contribution in [2.45, 2.75) is 0 Å². The first-order valence-electron chi connectivity index (χ1n) is 5.19. The van der Waals surface area contributed by atoms with Gasteiger partial charge in [-0.3, -0.25) is 4.79 Å². The van der Waals surface area contributed by atoms with E-state index >= 15 is 0 Å². The lowest BCUT2D eigenvalue weighted by molar-refractivity contribution is 0.101. The summed E-state index contributed by atoms with van der Waals surface area (Å²) in [5, 5.41) is 20.9. The maximum atomic E-state index is 12.0. The largest absolute Gasteiger partial charge is 0.504 e. The van der Waals surface area contributed by atoms with Gasteiger partial charge in [0.1, 0.15) is 0 Å². The molecular weight excluding hydrogens is 252 g/mol. The Balaban J connectivity index is 2.07. The van der Waals surface area contributed by atoms with Crippen LogP contribution in [0.25, 0.3) is 6.08 Å². The molecule has 0 spiro atoms. The van der Waals surface area contributed by atoms with Crippen LogP contribution < -0.4 is 4.74 Å². The number of benzene rings is 1. The molecule has 2 heterocycles. The number of aromatic hydroxyl groups is 2. The van der Waals surface area contributed by atoms with Crippen molar-refractivity contribution < 1.29 is 19.7 Å². The Morgan fingerprint density at radius 3 is 2.78 bits per heavy atom. The van der Waals surface area contributed by atoms with Crippen LogP contribution in [0.3, 0.4) is 0 Å². The van der Waals surface area contributed by atoms with Crippen LogP contribution in [0.15, 0.2) is 35.4 Å². The van der Waals surface area contributed by atoms with Crippen molar-refractivity contribution in [1.29, 1.82) is 0 Å². The van der Waals surface area contributed by atoms with E-state index in [0.29, 0.717) is 0 Å². The quantitative estimate of drug-likeness (QED) is 0.611. The second-order valence-electron chi connectivity index (χ2n) is 3.77. The van der Waals surface area contributed by atoms with E-state index in [4.69, 9.17) is 4.74 Å². The van der Waals surface area contributed by atoms with E-state index in [2.05, 4.69) is 0 Å². The minimum Gasteiger partial charge on any atom is -0.504 e. The van der Waals surface area contributed by atoms with Crippen LogP contribution in [0, 0.1) is 0 Å². The Labute approximate surface area is 106 Å². The summed E-state index contributed by atoms with van der Waals surface area (Å²) in [7, 11) is 0. The van der Waals surface area contributed by atoms with Gasteiger partial charge in [-0.15, -0.1) is 11.3 Å². The third-order valence-electron chi connectivity index (χ3n) is 2.61. The van der Waals surface area contributed by atoms with Crippen LogP contribution in [0.5, 0.6) is 17.2 Å². The highest BCUT2D eigenvalue weighted by Gasteiger charge is 2.31. The molecule has 0 aliphatic carbocycles. The molecule has 5 heteroatoms. The van der Waals surface area contributed by atoms with Crippen molar-refractivity contribution in [3.63, 3.8) is 0 Å². The fourth-order valence-corrected chi connectivity index (χ4v) is 2.38. The number of fused-ring (bicyclic) bond motifs is 1. The molecule has 18 heavy (non-hydrogen) atoms. The number of ether oxygens (including phenoxy) is 1. The molecule has 1 aliphatic rings. The molecule has 3 rings (SSSR count). The number of rotatable bonds is 1. The van der Waals surface area contributed by atoms with Crippen molar-refractivity contribution in [3.8, 4) is 17.2 Å². The fourth-order valence-electron chi connectivity index (χ4n) is 1.73. The van der Waals surface area contributed by atoms with Gasteiger partial charge in [0.2, 0.25) is 11.5 Å². The van der Waals surface area contributed by atoms with E-state index < -0.39 is 5.75 Å². The molecule has 0 saturated carbocycles. The average Bonchev–Trinajstić information content (AvgIpc) is 2.95. The summed E-state index contributed by atoms with van der Waals surface area (Å²) < 4.78 is 5.31. The monoisotopic (exact) mass is 260 g/mol. The number of allylic oxidation sites excluding steroid dienone is 1. The molecule has 0 fully saturated rings. The van der Waals surface area contributed by atoms with E-state index in [1.54, 1.807) is 6.08 Å². The highest BCUT2D eigenvalue weighted by atomic mass is 32.1. The van der Waals surface area contributed by atoms with Crippen LogP contribution in [-0.4, -0.2) is 16.0 Å². The van der Waals surface area contributed by atoms with Crippen molar-refractivity contribution >= 4 is 23.2 Å². The standard InChI is InChI=1S/C13H8O4S/c14-9-4-3-8-11(15)10(17-13(8)12(9)16)6-7-2-1-5-18-7/h1-6,14,16H/b10-6+. The molecule has 1 aliphatic heterocycles. The number of Topliss-reactive ketones (excluding diaryl/α,β-unsaturated/α-hetero) is 1. The minimum atomic E-state index is -0.407. The predicted octanol–water partition coefficient (Wildman–Crippen LogP) is 2.78. The topological polar surface area (TPSA) is 66.8 Å². The van der Waals surface area contributed by atoms with E-state index in [0.717, 1.165) is 4.88 Å². The van der Waals surface area contributed by atoms with Gasteiger partial charge in [-0.25, -0.2) is 0 Å². The number of hydrogen-bond donors (Lipinski definition) is 2. The molecule has 1 aromatic heterocycles. The molecule has 0 bridgehead atoms. The van der Waals surface area contributed by atoms with Gasteiger partial charge in [0.15, 0.2) is 17.3 Å². The van der Waals surface area contributed by atoms with E-state index in [1.807, 2.05) is 17.5 Å². The molecule has 2 N–H and O–H groups in total. The van der Waals surface area contributed by atoms with Crippen molar-refractivity contribution in [2.24, 2.45) is 0 Å². The van der Waals surface area contributed by atoms with E-state index in [-0.39, 0.29) is 28.6 Å². The maximum absolute atomic E-state index is 12.0.